The van der Waals surface area contributed by atoms with E-state index in [4.69, 9.17) is 16.3 Å². The number of ether oxygens (including phenoxy) is 1. The number of benzene rings is 1. The summed E-state index contributed by atoms with van der Waals surface area (Å²) in [6.45, 7) is 2.58. The molecule has 0 unspecified atom stereocenters. The molecule has 2 saturated heterocycles. The van der Waals surface area contributed by atoms with Crippen LogP contribution in [0.25, 0.3) is 0 Å². The highest BCUT2D eigenvalue weighted by Gasteiger charge is 2.30. The van der Waals surface area contributed by atoms with Gasteiger partial charge in [0.2, 0.25) is 10.0 Å². The van der Waals surface area contributed by atoms with Crippen LogP contribution in [0.4, 0.5) is 16.2 Å². The van der Waals surface area contributed by atoms with Crippen LogP contribution in [0.1, 0.15) is 6.42 Å². The summed E-state index contributed by atoms with van der Waals surface area (Å²) in [7, 11) is -3.28. The fraction of sp³-hybridized carbons (Fsp3) is 0.500. The minimum absolute atomic E-state index is 0.138. The number of urea groups is 1. The van der Waals surface area contributed by atoms with Gasteiger partial charge in [-0.3, -0.25) is 4.31 Å². The lowest BCUT2D eigenvalue weighted by atomic mass is 10.2. The average Bonchev–Trinajstić information content (AvgIpc) is 2.87. The predicted octanol–water partition coefficient (Wildman–Crippen LogP) is 1.74. The number of morpholine rings is 1. The highest BCUT2D eigenvalue weighted by molar-refractivity contribution is 7.93. The van der Waals surface area contributed by atoms with Gasteiger partial charge >= 0.3 is 6.03 Å². The van der Waals surface area contributed by atoms with Gasteiger partial charge in [0.15, 0.2) is 0 Å². The van der Waals surface area contributed by atoms with Crippen molar-refractivity contribution in [3.63, 3.8) is 0 Å². The van der Waals surface area contributed by atoms with E-state index in [9.17, 15) is 13.2 Å². The molecule has 9 heteroatoms. The molecule has 23 heavy (non-hydrogen) atoms. The second kappa shape index (κ2) is 6.54. The van der Waals surface area contributed by atoms with E-state index in [1.807, 2.05) is 0 Å². The summed E-state index contributed by atoms with van der Waals surface area (Å²) in [5.74, 6) is 0.138. The topological polar surface area (TPSA) is 79.0 Å². The van der Waals surface area contributed by atoms with E-state index in [1.165, 1.54) is 4.31 Å². The molecule has 0 saturated carbocycles. The maximum Gasteiger partial charge on any atom is 0.322 e. The largest absolute Gasteiger partial charge is 0.378 e. The summed E-state index contributed by atoms with van der Waals surface area (Å²) in [6.07, 6.45) is 0.591. The fourth-order valence-corrected chi connectivity index (χ4v) is 4.58. The number of nitrogens with one attached hydrogen (secondary N) is 1. The van der Waals surface area contributed by atoms with Gasteiger partial charge in [-0.15, -0.1) is 0 Å². The maximum atomic E-state index is 12.1. The van der Waals surface area contributed by atoms with E-state index in [0.29, 0.717) is 55.7 Å². The number of amides is 2. The smallest absolute Gasteiger partial charge is 0.322 e. The number of carbonyl (C=O) groups excluding carboxylic acids is 1. The first kappa shape index (κ1) is 16.4. The molecular weight excluding hydrogens is 342 g/mol. The van der Waals surface area contributed by atoms with E-state index in [1.54, 1.807) is 23.1 Å². The first-order chi connectivity index (χ1) is 11.0. The molecular formula is C14H18ClN3O4S. The fourth-order valence-electron chi connectivity index (χ4n) is 2.67. The average molecular weight is 360 g/mol. The quantitative estimate of drug-likeness (QED) is 0.872. The maximum absolute atomic E-state index is 12.1. The summed E-state index contributed by atoms with van der Waals surface area (Å²) in [6, 6.07) is 4.64. The van der Waals surface area contributed by atoms with Crippen LogP contribution in [0, 0.1) is 0 Å². The molecule has 0 atom stereocenters. The molecule has 1 aromatic rings. The SMILES string of the molecule is O=C(Nc1ccc(N2CCCS2(=O)=O)c(Cl)c1)N1CCOCC1. The second-order valence-corrected chi connectivity index (χ2v) is 7.86. The number of rotatable bonds is 2. The molecule has 1 aromatic carbocycles. The van der Waals surface area contributed by atoms with Crippen molar-refractivity contribution in [3.05, 3.63) is 23.2 Å². The molecule has 2 fully saturated rings. The molecule has 0 aromatic heterocycles. The zero-order valence-electron chi connectivity index (χ0n) is 12.5. The van der Waals surface area contributed by atoms with Gasteiger partial charge in [0.1, 0.15) is 0 Å². The number of anilines is 2. The van der Waals surface area contributed by atoms with E-state index < -0.39 is 10.0 Å². The van der Waals surface area contributed by atoms with E-state index in [0.717, 1.165) is 0 Å². The standard InChI is InChI=1S/C14H18ClN3O4S/c15-12-10-11(16-14(19)17-5-7-22-8-6-17)2-3-13(12)18-4-1-9-23(18,20)21/h2-3,10H,1,4-9H2,(H,16,19). The van der Waals surface area contributed by atoms with Gasteiger partial charge in [0.25, 0.3) is 0 Å². The van der Waals surface area contributed by atoms with Gasteiger partial charge in [-0.05, 0) is 24.6 Å². The Kier molecular flexibility index (Phi) is 4.65. The Morgan fingerprint density at radius 3 is 2.57 bits per heavy atom. The van der Waals surface area contributed by atoms with Gasteiger partial charge in [0.05, 0.1) is 29.7 Å². The zero-order valence-corrected chi connectivity index (χ0v) is 14.1. The van der Waals surface area contributed by atoms with Gasteiger partial charge < -0.3 is 15.0 Å². The molecule has 0 aliphatic carbocycles. The Hall–Kier alpha value is -1.51. The molecule has 2 amide bonds. The van der Waals surface area contributed by atoms with Crippen LogP contribution in [-0.4, -0.2) is 57.9 Å². The zero-order chi connectivity index (χ0) is 16.4. The Labute approximate surface area is 140 Å². The lowest BCUT2D eigenvalue weighted by molar-refractivity contribution is 0.0564. The molecule has 2 heterocycles. The first-order valence-corrected chi connectivity index (χ1v) is 9.40. The lowest BCUT2D eigenvalue weighted by Crippen LogP contribution is -2.43. The van der Waals surface area contributed by atoms with E-state index in [-0.39, 0.29) is 11.8 Å². The van der Waals surface area contributed by atoms with Crippen LogP contribution in [0.5, 0.6) is 0 Å². The Bertz CT molecular complexity index is 704. The Balaban J connectivity index is 1.73. The number of halogens is 1. The van der Waals surface area contributed by atoms with E-state index in [2.05, 4.69) is 5.32 Å². The number of hydrogen-bond donors (Lipinski definition) is 1. The molecule has 2 aliphatic heterocycles. The molecule has 0 spiro atoms. The van der Waals surface area contributed by atoms with Crippen LogP contribution in [0.15, 0.2) is 18.2 Å². The minimum atomic E-state index is -3.28. The summed E-state index contributed by atoms with van der Waals surface area (Å²) in [5.41, 5.74) is 0.986. The monoisotopic (exact) mass is 359 g/mol. The molecule has 0 bridgehead atoms. The van der Waals surface area contributed by atoms with Crippen molar-refractivity contribution in [1.29, 1.82) is 0 Å². The van der Waals surface area contributed by atoms with Gasteiger partial charge in [0, 0.05) is 25.3 Å². The summed E-state index contributed by atoms with van der Waals surface area (Å²) in [5, 5.41) is 3.07. The van der Waals surface area contributed by atoms with Crippen molar-refractivity contribution in [2.45, 2.75) is 6.42 Å². The first-order valence-electron chi connectivity index (χ1n) is 7.41. The molecule has 3 rings (SSSR count). The molecule has 1 N–H and O–H groups in total. The molecule has 0 radical (unpaired) electrons. The van der Waals surface area contributed by atoms with Crippen LogP contribution < -0.4 is 9.62 Å². The number of carbonyl (C=O) groups is 1. The third kappa shape index (κ3) is 3.54. The van der Waals surface area contributed by atoms with Crippen molar-refractivity contribution >= 4 is 39.0 Å². The van der Waals surface area contributed by atoms with Crippen LogP contribution >= 0.6 is 11.6 Å². The Morgan fingerprint density at radius 1 is 1.22 bits per heavy atom. The summed E-state index contributed by atoms with van der Waals surface area (Å²) < 4.78 is 30.5. The van der Waals surface area contributed by atoms with Crippen molar-refractivity contribution in [2.24, 2.45) is 0 Å². The highest BCUT2D eigenvalue weighted by atomic mass is 35.5. The molecule has 2 aliphatic rings. The minimum Gasteiger partial charge on any atom is -0.378 e. The summed E-state index contributed by atoms with van der Waals surface area (Å²) >= 11 is 6.21. The van der Waals surface area contributed by atoms with Crippen LogP contribution in [0.3, 0.4) is 0 Å². The predicted molar refractivity (Wildman–Crippen MR) is 88.6 cm³/mol. The van der Waals surface area contributed by atoms with Crippen molar-refractivity contribution in [1.82, 2.24) is 4.90 Å². The van der Waals surface area contributed by atoms with Crippen molar-refractivity contribution < 1.29 is 17.9 Å². The summed E-state index contributed by atoms with van der Waals surface area (Å²) in [4.78, 5) is 13.8. The van der Waals surface area contributed by atoms with Crippen LogP contribution in [0.2, 0.25) is 5.02 Å². The third-order valence-corrected chi connectivity index (χ3v) is 6.02. The normalized spacial score (nSPS) is 20.6. The molecule has 126 valence electrons. The number of sulfonamides is 1. The van der Waals surface area contributed by atoms with Gasteiger partial charge in [-0.2, -0.15) is 0 Å². The van der Waals surface area contributed by atoms with E-state index >= 15 is 0 Å². The molecule has 7 nitrogen and oxygen atoms in total. The van der Waals surface area contributed by atoms with Crippen LogP contribution in [-0.2, 0) is 14.8 Å². The van der Waals surface area contributed by atoms with Gasteiger partial charge in [-0.25, -0.2) is 13.2 Å². The Morgan fingerprint density at radius 2 is 1.96 bits per heavy atom. The van der Waals surface area contributed by atoms with Crippen molar-refractivity contribution in [3.8, 4) is 0 Å². The number of nitrogens with zero attached hydrogens (tertiary/aromatic N) is 2. The third-order valence-electron chi connectivity index (χ3n) is 3.87. The van der Waals surface area contributed by atoms with Gasteiger partial charge in [-0.1, -0.05) is 11.6 Å². The van der Waals surface area contributed by atoms with Crippen molar-refractivity contribution in [2.75, 3.05) is 48.2 Å². The lowest BCUT2D eigenvalue weighted by Gasteiger charge is -2.27. The second-order valence-electron chi connectivity index (χ2n) is 5.44. The highest BCUT2D eigenvalue weighted by Crippen LogP contribution is 2.33. The number of hydrogen-bond acceptors (Lipinski definition) is 4.